The van der Waals surface area contributed by atoms with Crippen LogP contribution in [0, 0.1) is 0 Å². The molecule has 0 fully saturated rings. The number of benzene rings is 2. The van der Waals surface area contributed by atoms with Gasteiger partial charge in [0.1, 0.15) is 12.4 Å². The summed E-state index contributed by atoms with van der Waals surface area (Å²) in [6, 6.07) is 13.9. The Hall–Kier alpha value is -2.20. The molecule has 0 aromatic heterocycles. The third-order valence-electron chi connectivity index (χ3n) is 2.62. The quantitative estimate of drug-likeness (QED) is 0.657. The van der Waals surface area contributed by atoms with Gasteiger partial charge in [0.05, 0.1) is 6.54 Å². The van der Waals surface area contributed by atoms with Crippen LogP contribution in [0.2, 0.25) is 5.02 Å². The summed E-state index contributed by atoms with van der Waals surface area (Å²) in [6.45, 7) is 0.791. The highest BCUT2D eigenvalue weighted by Crippen LogP contribution is 2.14. The SMILES string of the molecule is Nc1cccc(OCCNC(=O)c2ccc(Cl)cc2)c1. The first-order valence-corrected chi connectivity index (χ1v) is 6.55. The number of halogens is 1. The minimum absolute atomic E-state index is 0.155. The van der Waals surface area contributed by atoms with E-state index >= 15 is 0 Å². The molecule has 104 valence electrons. The Morgan fingerprint density at radius 2 is 1.95 bits per heavy atom. The van der Waals surface area contributed by atoms with Crippen molar-refractivity contribution in [3.63, 3.8) is 0 Å². The van der Waals surface area contributed by atoms with Crippen molar-refractivity contribution >= 4 is 23.2 Å². The zero-order chi connectivity index (χ0) is 14.4. The Bertz CT molecular complexity index is 585. The molecule has 1 amide bonds. The molecule has 0 aliphatic carbocycles. The molecule has 20 heavy (non-hydrogen) atoms. The second-order valence-corrected chi connectivity index (χ2v) is 4.62. The van der Waals surface area contributed by atoms with Crippen molar-refractivity contribution in [1.82, 2.24) is 5.32 Å². The first-order chi connectivity index (χ1) is 9.65. The van der Waals surface area contributed by atoms with Gasteiger partial charge in [0, 0.05) is 22.3 Å². The predicted molar refractivity (Wildman–Crippen MR) is 80.1 cm³/mol. The Morgan fingerprint density at radius 1 is 1.20 bits per heavy atom. The Balaban J connectivity index is 1.76. The highest BCUT2D eigenvalue weighted by molar-refractivity contribution is 6.30. The maximum absolute atomic E-state index is 11.8. The molecule has 0 aliphatic heterocycles. The molecule has 0 radical (unpaired) electrons. The molecular formula is C15H15ClN2O2. The van der Waals surface area contributed by atoms with E-state index in [0.29, 0.717) is 35.2 Å². The number of carbonyl (C=O) groups is 1. The van der Waals surface area contributed by atoms with Crippen molar-refractivity contribution < 1.29 is 9.53 Å². The zero-order valence-corrected chi connectivity index (χ0v) is 11.6. The lowest BCUT2D eigenvalue weighted by atomic mass is 10.2. The van der Waals surface area contributed by atoms with Gasteiger partial charge in [0.2, 0.25) is 0 Å². The molecule has 0 heterocycles. The summed E-state index contributed by atoms with van der Waals surface area (Å²) < 4.78 is 5.48. The second kappa shape index (κ2) is 6.82. The predicted octanol–water partition coefficient (Wildman–Crippen LogP) is 2.73. The fraction of sp³-hybridized carbons (Fsp3) is 0.133. The average Bonchev–Trinajstić information content (AvgIpc) is 2.44. The van der Waals surface area contributed by atoms with Crippen LogP contribution in [0.15, 0.2) is 48.5 Å². The van der Waals surface area contributed by atoms with E-state index in [2.05, 4.69) is 5.32 Å². The maximum atomic E-state index is 11.8. The molecule has 0 bridgehead atoms. The van der Waals surface area contributed by atoms with Crippen LogP contribution in [0.3, 0.4) is 0 Å². The van der Waals surface area contributed by atoms with Crippen LogP contribution in [0.4, 0.5) is 5.69 Å². The normalized spacial score (nSPS) is 10.1. The van der Waals surface area contributed by atoms with E-state index in [0.717, 1.165) is 0 Å². The highest BCUT2D eigenvalue weighted by atomic mass is 35.5. The molecular weight excluding hydrogens is 276 g/mol. The molecule has 5 heteroatoms. The fourth-order valence-electron chi connectivity index (χ4n) is 1.64. The third-order valence-corrected chi connectivity index (χ3v) is 2.87. The molecule has 0 atom stereocenters. The number of ether oxygens (including phenoxy) is 1. The Morgan fingerprint density at radius 3 is 2.65 bits per heavy atom. The zero-order valence-electron chi connectivity index (χ0n) is 10.8. The number of carbonyl (C=O) groups excluding carboxylic acids is 1. The van der Waals surface area contributed by atoms with Crippen LogP contribution >= 0.6 is 11.6 Å². The van der Waals surface area contributed by atoms with Gasteiger partial charge in [0.15, 0.2) is 0 Å². The second-order valence-electron chi connectivity index (χ2n) is 4.18. The van der Waals surface area contributed by atoms with E-state index in [1.807, 2.05) is 12.1 Å². The lowest BCUT2D eigenvalue weighted by Crippen LogP contribution is -2.28. The molecule has 2 aromatic rings. The number of nitrogens with one attached hydrogen (secondary N) is 1. The van der Waals surface area contributed by atoms with E-state index in [-0.39, 0.29) is 5.91 Å². The van der Waals surface area contributed by atoms with Gasteiger partial charge in [-0.15, -0.1) is 0 Å². The van der Waals surface area contributed by atoms with Crippen molar-refractivity contribution in [3.05, 3.63) is 59.1 Å². The van der Waals surface area contributed by atoms with E-state index in [4.69, 9.17) is 22.1 Å². The number of hydrogen-bond acceptors (Lipinski definition) is 3. The van der Waals surface area contributed by atoms with Gasteiger partial charge in [-0.3, -0.25) is 4.79 Å². The van der Waals surface area contributed by atoms with Crippen molar-refractivity contribution in [2.24, 2.45) is 0 Å². The summed E-state index contributed by atoms with van der Waals surface area (Å²) in [5, 5.41) is 3.37. The summed E-state index contributed by atoms with van der Waals surface area (Å²) in [5.41, 5.74) is 6.85. The molecule has 2 aromatic carbocycles. The van der Waals surface area contributed by atoms with Crippen molar-refractivity contribution in [2.45, 2.75) is 0 Å². The van der Waals surface area contributed by atoms with Crippen molar-refractivity contribution in [3.8, 4) is 5.75 Å². The first-order valence-electron chi connectivity index (χ1n) is 6.17. The van der Waals surface area contributed by atoms with Crippen LogP contribution in [-0.2, 0) is 0 Å². The van der Waals surface area contributed by atoms with Crippen LogP contribution in [0.5, 0.6) is 5.75 Å². The summed E-state index contributed by atoms with van der Waals surface area (Å²) in [4.78, 5) is 11.8. The molecule has 2 rings (SSSR count). The number of rotatable bonds is 5. The van der Waals surface area contributed by atoms with Gasteiger partial charge in [-0.25, -0.2) is 0 Å². The number of anilines is 1. The highest BCUT2D eigenvalue weighted by Gasteiger charge is 2.04. The minimum Gasteiger partial charge on any atom is -0.492 e. The van der Waals surface area contributed by atoms with E-state index in [1.165, 1.54) is 0 Å². The van der Waals surface area contributed by atoms with Crippen LogP contribution in [0.1, 0.15) is 10.4 Å². The Labute approximate surface area is 122 Å². The van der Waals surface area contributed by atoms with Crippen molar-refractivity contribution in [2.75, 3.05) is 18.9 Å². The fourth-order valence-corrected chi connectivity index (χ4v) is 1.77. The molecule has 4 nitrogen and oxygen atoms in total. The third kappa shape index (κ3) is 4.17. The maximum Gasteiger partial charge on any atom is 0.251 e. The van der Waals surface area contributed by atoms with Crippen LogP contribution in [0.25, 0.3) is 0 Å². The van der Waals surface area contributed by atoms with Gasteiger partial charge in [-0.2, -0.15) is 0 Å². The molecule has 0 spiro atoms. The number of nitrogen functional groups attached to an aromatic ring is 1. The first kappa shape index (κ1) is 14.2. The molecule has 3 N–H and O–H groups in total. The van der Waals surface area contributed by atoms with Crippen molar-refractivity contribution in [1.29, 1.82) is 0 Å². The smallest absolute Gasteiger partial charge is 0.251 e. The molecule has 0 unspecified atom stereocenters. The van der Waals surface area contributed by atoms with Crippen LogP contribution < -0.4 is 15.8 Å². The van der Waals surface area contributed by atoms with Gasteiger partial charge < -0.3 is 15.8 Å². The number of hydrogen-bond donors (Lipinski definition) is 2. The molecule has 0 saturated heterocycles. The lowest BCUT2D eigenvalue weighted by molar-refractivity contribution is 0.0947. The Kier molecular flexibility index (Phi) is 4.85. The number of amides is 1. The van der Waals surface area contributed by atoms with Crippen LogP contribution in [-0.4, -0.2) is 19.1 Å². The van der Waals surface area contributed by atoms with Gasteiger partial charge in [-0.1, -0.05) is 17.7 Å². The summed E-state index contributed by atoms with van der Waals surface area (Å²) >= 11 is 5.76. The largest absolute Gasteiger partial charge is 0.492 e. The summed E-state index contributed by atoms with van der Waals surface area (Å²) in [6.07, 6.45) is 0. The van der Waals surface area contributed by atoms with E-state index in [9.17, 15) is 4.79 Å². The number of nitrogens with two attached hydrogens (primary N) is 1. The molecule has 0 aliphatic rings. The standard InChI is InChI=1S/C15H15ClN2O2/c16-12-6-4-11(5-7-12)15(19)18-8-9-20-14-3-1-2-13(17)10-14/h1-7,10H,8-9,17H2,(H,18,19). The van der Waals surface area contributed by atoms with Gasteiger partial charge in [0.25, 0.3) is 5.91 Å². The van der Waals surface area contributed by atoms with E-state index in [1.54, 1.807) is 36.4 Å². The summed E-state index contributed by atoms with van der Waals surface area (Å²) in [7, 11) is 0. The summed E-state index contributed by atoms with van der Waals surface area (Å²) in [5.74, 6) is 0.531. The topological polar surface area (TPSA) is 64.3 Å². The lowest BCUT2D eigenvalue weighted by Gasteiger charge is -2.08. The monoisotopic (exact) mass is 290 g/mol. The van der Waals surface area contributed by atoms with E-state index < -0.39 is 0 Å². The average molecular weight is 291 g/mol. The van der Waals surface area contributed by atoms with Gasteiger partial charge in [-0.05, 0) is 36.4 Å². The van der Waals surface area contributed by atoms with Gasteiger partial charge >= 0.3 is 0 Å². The molecule has 0 saturated carbocycles. The minimum atomic E-state index is -0.155.